The Labute approximate surface area is 158 Å². The Morgan fingerprint density at radius 3 is 2.23 bits per heavy atom. The average Bonchev–Trinajstić information content (AvgIpc) is 2.83. The number of amides is 1. The first-order valence-electron chi connectivity index (χ1n) is 8.73. The van der Waals surface area contributed by atoms with E-state index in [0.29, 0.717) is 23.8 Å². The summed E-state index contributed by atoms with van der Waals surface area (Å²) in [6.45, 7) is 4.97. The summed E-state index contributed by atoms with van der Waals surface area (Å²) < 4.78 is 27.1. The lowest BCUT2D eigenvalue weighted by molar-refractivity contribution is 0.102. The van der Waals surface area contributed by atoms with Crippen molar-refractivity contribution in [2.75, 3.05) is 18.4 Å². The number of nitrogens with zero attached hydrogens (tertiary/aromatic N) is 2. The van der Waals surface area contributed by atoms with E-state index in [2.05, 4.69) is 10.3 Å². The zero-order chi connectivity index (χ0) is 18.7. The lowest BCUT2D eigenvalue weighted by Gasteiger charge is -2.20. The highest BCUT2D eigenvalue weighted by molar-refractivity contribution is 7.89. The SMILES string of the molecule is Cc1nc(NC(=O)c2ccc(S(=O)(=O)N3CCCCCC3)cc2)sc1C. The molecule has 1 aliphatic rings. The molecule has 6 nitrogen and oxygen atoms in total. The molecule has 140 valence electrons. The number of benzene rings is 1. The number of nitrogens with one attached hydrogen (secondary N) is 1. The standard InChI is InChI=1S/C18H23N3O3S2/c1-13-14(2)25-18(19-13)20-17(22)15-7-9-16(10-8-15)26(23,24)21-11-5-3-4-6-12-21/h7-10H,3-6,11-12H2,1-2H3,(H,19,20,22). The first kappa shape index (κ1) is 19.0. The van der Waals surface area contributed by atoms with Crippen LogP contribution in [0.3, 0.4) is 0 Å². The van der Waals surface area contributed by atoms with Gasteiger partial charge in [-0.25, -0.2) is 13.4 Å². The Morgan fingerprint density at radius 2 is 1.69 bits per heavy atom. The quantitative estimate of drug-likeness (QED) is 0.861. The van der Waals surface area contributed by atoms with Gasteiger partial charge in [-0.3, -0.25) is 10.1 Å². The third-order valence-corrected chi connectivity index (χ3v) is 7.47. The molecule has 2 heterocycles. The van der Waals surface area contributed by atoms with Crippen LogP contribution in [0.2, 0.25) is 0 Å². The minimum Gasteiger partial charge on any atom is -0.298 e. The summed E-state index contributed by atoms with van der Waals surface area (Å²) in [4.78, 5) is 17.9. The van der Waals surface area contributed by atoms with E-state index in [9.17, 15) is 13.2 Å². The van der Waals surface area contributed by atoms with Crippen molar-refractivity contribution >= 4 is 32.4 Å². The van der Waals surface area contributed by atoms with Crippen molar-refractivity contribution in [3.05, 3.63) is 40.4 Å². The van der Waals surface area contributed by atoms with Gasteiger partial charge in [0.15, 0.2) is 5.13 Å². The normalized spacial score (nSPS) is 16.2. The summed E-state index contributed by atoms with van der Waals surface area (Å²) in [5, 5.41) is 3.31. The highest BCUT2D eigenvalue weighted by Gasteiger charge is 2.25. The number of hydrogen-bond donors (Lipinski definition) is 1. The zero-order valence-electron chi connectivity index (χ0n) is 15.0. The molecule has 1 aliphatic heterocycles. The molecular weight excluding hydrogens is 370 g/mol. The van der Waals surface area contributed by atoms with E-state index in [1.165, 1.54) is 23.5 Å². The van der Waals surface area contributed by atoms with Crippen LogP contribution < -0.4 is 5.32 Å². The van der Waals surface area contributed by atoms with Gasteiger partial charge in [0.1, 0.15) is 0 Å². The number of carbonyl (C=O) groups excluding carboxylic acids is 1. The molecular formula is C18H23N3O3S2. The minimum atomic E-state index is -3.50. The molecule has 26 heavy (non-hydrogen) atoms. The average molecular weight is 394 g/mol. The summed E-state index contributed by atoms with van der Waals surface area (Å²) in [6.07, 6.45) is 3.93. The van der Waals surface area contributed by atoms with Crippen LogP contribution in [0.5, 0.6) is 0 Å². The van der Waals surface area contributed by atoms with Crippen LogP contribution in [-0.2, 0) is 10.0 Å². The third kappa shape index (κ3) is 4.13. The summed E-state index contributed by atoms with van der Waals surface area (Å²) in [5.41, 5.74) is 1.30. The van der Waals surface area contributed by atoms with Gasteiger partial charge < -0.3 is 0 Å². The topological polar surface area (TPSA) is 79.4 Å². The second kappa shape index (κ2) is 7.85. The van der Waals surface area contributed by atoms with Crippen molar-refractivity contribution in [1.82, 2.24) is 9.29 Å². The smallest absolute Gasteiger partial charge is 0.257 e. The molecule has 0 unspecified atom stereocenters. The van der Waals surface area contributed by atoms with E-state index in [0.717, 1.165) is 36.3 Å². The van der Waals surface area contributed by atoms with Gasteiger partial charge in [-0.2, -0.15) is 4.31 Å². The van der Waals surface area contributed by atoms with Gasteiger partial charge >= 0.3 is 0 Å². The lowest BCUT2D eigenvalue weighted by Crippen LogP contribution is -2.31. The van der Waals surface area contributed by atoms with Crippen LogP contribution in [-0.4, -0.2) is 36.7 Å². The van der Waals surface area contributed by atoms with Gasteiger partial charge in [0.2, 0.25) is 10.0 Å². The molecule has 0 bridgehead atoms. The maximum atomic E-state index is 12.8. The van der Waals surface area contributed by atoms with E-state index in [-0.39, 0.29) is 10.8 Å². The van der Waals surface area contributed by atoms with Gasteiger partial charge in [-0.1, -0.05) is 12.8 Å². The molecule has 3 rings (SSSR count). The number of thiazole rings is 1. The zero-order valence-corrected chi connectivity index (χ0v) is 16.6. The number of sulfonamides is 1. The van der Waals surface area contributed by atoms with E-state index >= 15 is 0 Å². The van der Waals surface area contributed by atoms with Gasteiger partial charge in [-0.05, 0) is 51.0 Å². The highest BCUT2D eigenvalue weighted by atomic mass is 32.2. The Hall–Kier alpha value is -1.77. The molecule has 1 aromatic heterocycles. The summed E-state index contributed by atoms with van der Waals surface area (Å²) in [5.74, 6) is -0.294. The van der Waals surface area contributed by atoms with E-state index in [4.69, 9.17) is 0 Å². The second-order valence-corrected chi connectivity index (χ2v) is 9.60. The molecule has 1 saturated heterocycles. The van der Waals surface area contributed by atoms with Crippen LogP contribution >= 0.6 is 11.3 Å². The van der Waals surface area contributed by atoms with Crippen molar-refractivity contribution in [3.8, 4) is 0 Å². The monoisotopic (exact) mass is 393 g/mol. The Kier molecular flexibility index (Phi) is 5.74. The number of aryl methyl sites for hydroxylation is 2. The molecule has 0 saturated carbocycles. The summed E-state index contributed by atoms with van der Waals surface area (Å²) in [7, 11) is -3.50. The van der Waals surface area contributed by atoms with E-state index < -0.39 is 10.0 Å². The maximum Gasteiger partial charge on any atom is 0.257 e. The van der Waals surface area contributed by atoms with Crippen LogP contribution in [0.25, 0.3) is 0 Å². The third-order valence-electron chi connectivity index (χ3n) is 4.57. The van der Waals surface area contributed by atoms with E-state index in [1.54, 1.807) is 16.4 Å². The molecule has 1 N–H and O–H groups in total. The summed E-state index contributed by atoms with van der Waals surface area (Å²) >= 11 is 1.42. The maximum absolute atomic E-state index is 12.8. The second-order valence-electron chi connectivity index (χ2n) is 6.46. The molecule has 0 aliphatic carbocycles. The predicted octanol–water partition coefficient (Wildman–Crippen LogP) is 3.58. The molecule has 1 amide bonds. The van der Waals surface area contributed by atoms with Crippen molar-refractivity contribution < 1.29 is 13.2 Å². The molecule has 1 aromatic carbocycles. The van der Waals surface area contributed by atoms with Crippen LogP contribution in [0.1, 0.15) is 46.6 Å². The van der Waals surface area contributed by atoms with Crippen molar-refractivity contribution in [3.63, 3.8) is 0 Å². The Bertz CT molecular complexity index is 861. The molecule has 2 aromatic rings. The fraction of sp³-hybridized carbons (Fsp3) is 0.444. The predicted molar refractivity (Wildman–Crippen MR) is 103 cm³/mol. The van der Waals surface area contributed by atoms with Crippen molar-refractivity contribution in [2.45, 2.75) is 44.4 Å². The molecule has 0 spiro atoms. The van der Waals surface area contributed by atoms with E-state index in [1.807, 2.05) is 13.8 Å². The molecule has 0 atom stereocenters. The summed E-state index contributed by atoms with van der Waals surface area (Å²) in [6, 6.07) is 6.11. The van der Waals surface area contributed by atoms with Gasteiger partial charge in [0.25, 0.3) is 5.91 Å². The van der Waals surface area contributed by atoms with Gasteiger partial charge in [-0.15, -0.1) is 11.3 Å². The molecule has 1 fully saturated rings. The number of hydrogen-bond acceptors (Lipinski definition) is 5. The van der Waals surface area contributed by atoms with Crippen LogP contribution in [0, 0.1) is 13.8 Å². The Morgan fingerprint density at radius 1 is 1.08 bits per heavy atom. The number of rotatable bonds is 4. The number of carbonyl (C=O) groups is 1. The van der Waals surface area contributed by atoms with Crippen molar-refractivity contribution in [1.29, 1.82) is 0 Å². The molecule has 0 radical (unpaired) electrons. The fourth-order valence-corrected chi connectivity index (χ4v) is 5.23. The number of aromatic nitrogens is 1. The number of anilines is 1. The van der Waals surface area contributed by atoms with Crippen LogP contribution in [0.4, 0.5) is 5.13 Å². The highest BCUT2D eigenvalue weighted by Crippen LogP contribution is 2.23. The first-order chi connectivity index (χ1) is 12.4. The van der Waals surface area contributed by atoms with Crippen LogP contribution in [0.15, 0.2) is 29.2 Å². The van der Waals surface area contributed by atoms with Crippen molar-refractivity contribution in [2.24, 2.45) is 0 Å². The Balaban J connectivity index is 1.73. The van der Waals surface area contributed by atoms with Gasteiger partial charge in [0, 0.05) is 23.5 Å². The largest absolute Gasteiger partial charge is 0.298 e. The fourth-order valence-electron chi connectivity index (χ4n) is 2.90. The van der Waals surface area contributed by atoms with Gasteiger partial charge in [0.05, 0.1) is 10.6 Å². The lowest BCUT2D eigenvalue weighted by atomic mass is 10.2. The minimum absolute atomic E-state index is 0.233. The first-order valence-corrected chi connectivity index (χ1v) is 11.0. The molecule has 8 heteroatoms.